The SMILES string of the molecule is Cc1sc(=NC(=O)c2ccccc2I)n(C)c1-c1ccc(Cl)cc1. The fraction of sp³-hybridized carbons (Fsp3) is 0.111. The molecule has 0 aliphatic carbocycles. The first-order valence-corrected chi connectivity index (χ1v) is 9.50. The zero-order chi connectivity index (χ0) is 17.3. The van der Waals surface area contributed by atoms with Crippen LogP contribution in [0.5, 0.6) is 0 Å². The van der Waals surface area contributed by atoms with Crippen LogP contribution in [0.4, 0.5) is 0 Å². The van der Waals surface area contributed by atoms with Crippen molar-refractivity contribution in [2.45, 2.75) is 6.92 Å². The molecule has 0 aliphatic heterocycles. The van der Waals surface area contributed by atoms with Gasteiger partial charge in [0.2, 0.25) is 0 Å². The molecule has 1 aromatic heterocycles. The normalized spacial score (nSPS) is 11.8. The van der Waals surface area contributed by atoms with E-state index < -0.39 is 0 Å². The summed E-state index contributed by atoms with van der Waals surface area (Å²) in [6.07, 6.45) is 0. The number of halogens is 2. The zero-order valence-electron chi connectivity index (χ0n) is 13.1. The molecule has 0 spiro atoms. The molecule has 0 atom stereocenters. The van der Waals surface area contributed by atoms with Gasteiger partial charge < -0.3 is 4.57 Å². The van der Waals surface area contributed by atoms with Gasteiger partial charge in [0, 0.05) is 20.5 Å². The summed E-state index contributed by atoms with van der Waals surface area (Å²) in [5, 5.41) is 0.702. The quantitative estimate of drug-likeness (QED) is 0.484. The molecule has 0 saturated carbocycles. The molecule has 0 fully saturated rings. The third-order valence-electron chi connectivity index (χ3n) is 3.62. The number of aryl methyl sites for hydroxylation is 1. The molecule has 6 heteroatoms. The standard InChI is InChI=1S/C18H14ClIN2OS/c1-11-16(12-7-9-13(19)10-8-12)22(2)18(24-11)21-17(23)14-5-3-4-6-15(14)20/h3-10H,1-2H3. The first kappa shape index (κ1) is 17.4. The van der Waals surface area contributed by atoms with Crippen molar-refractivity contribution in [1.82, 2.24) is 4.57 Å². The monoisotopic (exact) mass is 468 g/mol. The average molecular weight is 469 g/mol. The molecule has 2 aromatic carbocycles. The van der Waals surface area contributed by atoms with E-state index >= 15 is 0 Å². The van der Waals surface area contributed by atoms with Crippen LogP contribution in [0.25, 0.3) is 11.3 Å². The first-order valence-electron chi connectivity index (χ1n) is 7.23. The van der Waals surface area contributed by atoms with Crippen LogP contribution in [-0.4, -0.2) is 10.5 Å². The Balaban J connectivity index is 2.07. The number of carbonyl (C=O) groups excluding carboxylic acids is 1. The Kier molecular flexibility index (Phi) is 5.22. The molecular weight excluding hydrogens is 455 g/mol. The molecule has 0 unspecified atom stereocenters. The maximum atomic E-state index is 12.5. The lowest BCUT2D eigenvalue weighted by atomic mass is 10.1. The van der Waals surface area contributed by atoms with E-state index in [2.05, 4.69) is 27.6 Å². The number of hydrogen-bond acceptors (Lipinski definition) is 2. The average Bonchev–Trinajstić information content (AvgIpc) is 2.83. The van der Waals surface area contributed by atoms with Gasteiger partial charge in [0.1, 0.15) is 0 Å². The molecule has 0 radical (unpaired) electrons. The van der Waals surface area contributed by atoms with Crippen LogP contribution in [0.1, 0.15) is 15.2 Å². The molecule has 0 saturated heterocycles. The lowest BCUT2D eigenvalue weighted by Gasteiger charge is -2.05. The van der Waals surface area contributed by atoms with E-state index in [1.165, 1.54) is 11.3 Å². The van der Waals surface area contributed by atoms with Gasteiger partial charge in [-0.15, -0.1) is 11.3 Å². The van der Waals surface area contributed by atoms with Crippen molar-refractivity contribution in [2.24, 2.45) is 12.0 Å². The predicted molar refractivity (Wildman–Crippen MR) is 108 cm³/mol. The van der Waals surface area contributed by atoms with Crippen molar-refractivity contribution in [2.75, 3.05) is 0 Å². The molecule has 3 nitrogen and oxygen atoms in total. The van der Waals surface area contributed by atoms with Crippen LogP contribution in [0, 0.1) is 10.5 Å². The summed E-state index contributed by atoms with van der Waals surface area (Å²) < 4.78 is 2.86. The van der Waals surface area contributed by atoms with E-state index in [-0.39, 0.29) is 5.91 Å². The molecule has 24 heavy (non-hydrogen) atoms. The number of carbonyl (C=O) groups is 1. The van der Waals surface area contributed by atoms with Crippen LogP contribution >= 0.6 is 45.5 Å². The van der Waals surface area contributed by atoms with E-state index in [0.717, 1.165) is 19.7 Å². The van der Waals surface area contributed by atoms with Crippen LogP contribution in [0.2, 0.25) is 5.02 Å². The maximum Gasteiger partial charge on any atom is 0.280 e. The van der Waals surface area contributed by atoms with Crippen LogP contribution < -0.4 is 4.80 Å². The molecule has 0 N–H and O–H groups in total. The van der Waals surface area contributed by atoms with E-state index in [9.17, 15) is 4.79 Å². The molecule has 0 bridgehead atoms. The van der Waals surface area contributed by atoms with Gasteiger partial charge in [0.15, 0.2) is 4.80 Å². The summed E-state index contributed by atoms with van der Waals surface area (Å²) in [7, 11) is 1.93. The predicted octanol–water partition coefficient (Wildman–Crippen LogP) is 5.06. The summed E-state index contributed by atoms with van der Waals surface area (Å²) >= 11 is 9.63. The number of rotatable bonds is 2. The number of nitrogens with zero attached hydrogens (tertiary/aromatic N) is 2. The fourth-order valence-electron chi connectivity index (χ4n) is 2.47. The number of benzene rings is 2. The second-order valence-electron chi connectivity index (χ2n) is 5.25. The lowest BCUT2D eigenvalue weighted by molar-refractivity contribution is 0.0997. The Morgan fingerprint density at radius 3 is 2.50 bits per heavy atom. The fourth-order valence-corrected chi connectivity index (χ4v) is 4.20. The van der Waals surface area contributed by atoms with Gasteiger partial charge in [-0.1, -0.05) is 35.9 Å². The highest BCUT2D eigenvalue weighted by atomic mass is 127. The molecule has 0 aliphatic rings. The van der Waals surface area contributed by atoms with Crippen molar-refractivity contribution in [3.05, 3.63) is 72.4 Å². The van der Waals surface area contributed by atoms with E-state index in [1.54, 1.807) is 6.07 Å². The number of hydrogen-bond donors (Lipinski definition) is 0. The van der Waals surface area contributed by atoms with Crippen LogP contribution in [0.3, 0.4) is 0 Å². The lowest BCUT2D eigenvalue weighted by Crippen LogP contribution is -2.14. The molecule has 1 heterocycles. The summed E-state index contributed by atoms with van der Waals surface area (Å²) in [6, 6.07) is 15.1. The third kappa shape index (κ3) is 3.48. The number of amides is 1. The van der Waals surface area contributed by atoms with Crippen molar-refractivity contribution < 1.29 is 4.79 Å². The summed E-state index contributed by atoms with van der Waals surface area (Å²) in [4.78, 5) is 18.6. The Bertz CT molecular complexity index is 973. The minimum absolute atomic E-state index is 0.223. The van der Waals surface area contributed by atoms with Gasteiger partial charge in [0.25, 0.3) is 5.91 Å². The summed E-state index contributed by atoms with van der Waals surface area (Å²) in [5.41, 5.74) is 2.72. The van der Waals surface area contributed by atoms with Crippen molar-refractivity contribution in [1.29, 1.82) is 0 Å². The maximum absolute atomic E-state index is 12.5. The van der Waals surface area contributed by atoms with Gasteiger partial charge in [-0.25, -0.2) is 0 Å². The summed E-state index contributed by atoms with van der Waals surface area (Å²) in [6.45, 7) is 2.03. The Morgan fingerprint density at radius 2 is 1.83 bits per heavy atom. The van der Waals surface area contributed by atoms with Crippen LogP contribution in [-0.2, 0) is 7.05 Å². The zero-order valence-corrected chi connectivity index (χ0v) is 16.8. The van der Waals surface area contributed by atoms with Crippen molar-refractivity contribution in [3.63, 3.8) is 0 Å². The molecule has 3 aromatic rings. The number of thiazole rings is 1. The highest BCUT2D eigenvalue weighted by Crippen LogP contribution is 2.25. The minimum Gasteiger partial charge on any atom is -0.319 e. The van der Waals surface area contributed by atoms with Gasteiger partial charge >= 0.3 is 0 Å². The van der Waals surface area contributed by atoms with Gasteiger partial charge in [-0.2, -0.15) is 4.99 Å². The van der Waals surface area contributed by atoms with Crippen molar-refractivity contribution in [3.8, 4) is 11.3 Å². The Morgan fingerprint density at radius 1 is 1.17 bits per heavy atom. The Labute approximate surface area is 162 Å². The first-order chi connectivity index (χ1) is 11.5. The second kappa shape index (κ2) is 7.21. The van der Waals surface area contributed by atoms with E-state index in [1.807, 2.05) is 61.0 Å². The van der Waals surface area contributed by atoms with Gasteiger partial charge in [-0.3, -0.25) is 4.79 Å². The third-order valence-corrected chi connectivity index (χ3v) is 5.86. The van der Waals surface area contributed by atoms with Gasteiger partial charge in [-0.05, 0) is 59.3 Å². The smallest absolute Gasteiger partial charge is 0.280 e. The molecule has 1 amide bonds. The summed E-state index contributed by atoms with van der Waals surface area (Å²) in [5.74, 6) is -0.223. The minimum atomic E-state index is -0.223. The molecule has 3 rings (SSSR count). The van der Waals surface area contributed by atoms with Crippen molar-refractivity contribution >= 4 is 51.4 Å². The van der Waals surface area contributed by atoms with E-state index in [4.69, 9.17) is 11.6 Å². The Hall–Kier alpha value is -1.44. The largest absolute Gasteiger partial charge is 0.319 e. The molecule has 122 valence electrons. The van der Waals surface area contributed by atoms with E-state index in [0.29, 0.717) is 15.4 Å². The second-order valence-corrected chi connectivity index (χ2v) is 8.03. The highest BCUT2D eigenvalue weighted by molar-refractivity contribution is 14.1. The van der Waals surface area contributed by atoms with Crippen LogP contribution in [0.15, 0.2) is 53.5 Å². The topological polar surface area (TPSA) is 34.4 Å². The highest BCUT2D eigenvalue weighted by Gasteiger charge is 2.13. The molecular formula is C18H14ClIN2OS. The van der Waals surface area contributed by atoms with Gasteiger partial charge in [0.05, 0.1) is 11.3 Å². The number of aromatic nitrogens is 1.